The smallest absolute Gasteiger partial charge is 0.254 e. The second-order valence-corrected chi connectivity index (χ2v) is 5.72. The molecule has 1 aromatic heterocycles. The lowest BCUT2D eigenvalue weighted by Gasteiger charge is -2.37. The van der Waals surface area contributed by atoms with E-state index in [9.17, 15) is 4.79 Å². The Morgan fingerprint density at radius 1 is 1.42 bits per heavy atom. The first-order valence-electron chi connectivity index (χ1n) is 7.18. The van der Waals surface area contributed by atoms with E-state index < -0.39 is 5.60 Å². The van der Waals surface area contributed by atoms with E-state index in [0.717, 1.165) is 49.3 Å². The van der Waals surface area contributed by atoms with Crippen molar-refractivity contribution in [3.63, 3.8) is 0 Å². The Hall–Kier alpha value is -1.16. The monoisotopic (exact) mass is 264 g/mol. The van der Waals surface area contributed by atoms with E-state index in [1.54, 1.807) is 7.11 Å². The largest absolute Gasteiger partial charge is 0.370 e. The third kappa shape index (κ3) is 2.59. The van der Waals surface area contributed by atoms with E-state index >= 15 is 0 Å². The molecule has 1 aliphatic carbocycles. The molecule has 1 aromatic rings. The lowest BCUT2D eigenvalue weighted by Crippen LogP contribution is -2.37. The highest BCUT2D eigenvalue weighted by Gasteiger charge is 2.38. The van der Waals surface area contributed by atoms with Gasteiger partial charge in [0, 0.05) is 12.7 Å². The fourth-order valence-electron chi connectivity index (χ4n) is 2.91. The highest BCUT2D eigenvalue weighted by atomic mass is 16.5. The van der Waals surface area contributed by atoms with Gasteiger partial charge in [-0.15, -0.1) is 0 Å². The number of ether oxygens (including phenoxy) is 1. The average molecular weight is 264 g/mol. The van der Waals surface area contributed by atoms with Crippen molar-refractivity contribution in [1.82, 2.24) is 9.97 Å². The highest BCUT2D eigenvalue weighted by Crippen LogP contribution is 2.40. The molecule has 1 heterocycles. The Bertz CT molecular complexity index is 499. The first-order chi connectivity index (χ1) is 9.02. The number of hydrogen-bond acceptors (Lipinski definition) is 3. The molecule has 0 spiro atoms. The summed E-state index contributed by atoms with van der Waals surface area (Å²) in [6.45, 7) is 6.13. The lowest BCUT2D eigenvalue weighted by atomic mass is 9.79. The zero-order valence-electron chi connectivity index (χ0n) is 12.4. The van der Waals surface area contributed by atoms with Crippen LogP contribution in [0.25, 0.3) is 0 Å². The van der Waals surface area contributed by atoms with Crippen LogP contribution in [-0.4, -0.2) is 17.1 Å². The molecular formula is C15H24N2O2. The van der Waals surface area contributed by atoms with Crippen LogP contribution >= 0.6 is 0 Å². The summed E-state index contributed by atoms with van der Waals surface area (Å²) in [6.07, 6.45) is 4.87. The van der Waals surface area contributed by atoms with Crippen molar-refractivity contribution >= 4 is 0 Å². The summed E-state index contributed by atoms with van der Waals surface area (Å²) in [5.41, 5.74) is 1.18. The zero-order chi connectivity index (χ0) is 14.0. The van der Waals surface area contributed by atoms with E-state index in [2.05, 4.69) is 16.9 Å². The third-order valence-corrected chi connectivity index (χ3v) is 4.49. The van der Waals surface area contributed by atoms with Crippen LogP contribution in [-0.2, 0) is 16.8 Å². The van der Waals surface area contributed by atoms with Gasteiger partial charge in [0.2, 0.25) is 0 Å². The molecule has 4 nitrogen and oxygen atoms in total. The number of aromatic amines is 1. The van der Waals surface area contributed by atoms with Crippen LogP contribution in [0, 0.1) is 12.8 Å². The molecule has 1 saturated carbocycles. The normalized spacial score (nSPS) is 27.5. The number of rotatable bonds is 3. The first-order valence-corrected chi connectivity index (χ1v) is 7.18. The van der Waals surface area contributed by atoms with Crippen molar-refractivity contribution in [2.45, 2.75) is 58.5 Å². The molecule has 0 radical (unpaired) electrons. The Balaban J connectivity index is 2.44. The summed E-state index contributed by atoms with van der Waals surface area (Å²) in [5, 5.41) is 0. The predicted octanol–water partition coefficient (Wildman–Crippen LogP) is 2.69. The van der Waals surface area contributed by atoms with Crippen molar-refractivity contribution in [3.05, 3.63) is 27.4 Å². The Labute approximate surface area is 114 Å². The molecule has 0 atom stereocenters. The number of aromatic nitrogens is 2. The maximum Gasteiger partial charge on any atom is 0.254 e. The molecule has 0 aromatic carbocycles. The Kier molecular flexibility index (Phi) is 4.09. The van der Waals surface area contributed by atoms with Crippen molar-refractivity contribution < 1.29 is 4.74 Å². The standard InChI is InChI=1S/C15H24N2O2/c1-5-12-11(3)13(18)17-14(16-12)15(19-4)8-6-10(2)7-9-15/h10H,5-9H2,1-4H3,(H,16,17,18). The van der Waals surface area contributed by atoms with Crippen LogP contribution in [0.2, 0.25) is 0 Å². The Morgan fingerprint density at radius 2 is 2.05 bits per heavy atom. The topological polar surface area (TPSA) is 55.0 Å². The molecule has 1 N–H and O–H groups in total. The molecule has 0 amide bonds. The maximum atomic E-state index is 12.0. The first kappa shape index (κ1) is 14.3. The van der Waals surface area contributed by atoms with Crippen LogP contribution in [0.5, 0.6) is 0 Å². The van der Waals surface area contributed by atoms with Gasteiger partial charge in [-0.3, -0.25) is 4.79 Å². The van der Waals surface area contributed by atoms with E-state index in [-0.39, 0.29) is 5.56 Å². The molecule has 106 valence electrons. The second kappa shape index (κ2) is 5.45. The van der Waals surface area contributed by atoms with Gasteiger partial charge in [0.15, 0.2) is 0 Å². The van der Waals surface area contributed by atoms with Gasteiger partial charge in [-0.25, -0.2) is 4.98 Å². The molecule has 4 heteroatoms. The minimum Gasteiger partial charge on any atom is -0.370 e. The molecule has 1 aliphatic rings. The SMILES string of the molecule is CCc1nc(C2(OC)CCC(C)CC2)[nH]c(=O)c1C. The number of methoxy groups -OCH3 is 1. The molecule has 0 aliphatic heterocycles. The number of hydrogen-bond donors (Lipinski definition) is 1. The second-order valence-electron chi connectivity index (χ2n) is 5.72. The van der Waals surface area contributed by atoms with Gasteiger partial charge in [-0.1, -0.05) is 13.8 Å². The molecular weight excluding hydrogens is 240 g/mol. The Morgan fingerprint density at radius 3 is 2.58 bits per heavy atom. The molecule has 2 rings (SSSR count). The molecule has 0 bridgehead atoms. The molecule has 19 heavy (non-hydrogen) atoms. The number of nitrogens with one attached hydrogen (secondary N) is 1. The number of nitrogens with zero attached hydrogens (tertiary/aromatic N) is 1. The van der Waals surface area contributed by atoms with Gasteiger partial charge in [0.25, 0.3) is 5.56 Å². The van der Waals surface area contributed by atoms with Crippen LogP contribution in [0.15, 0.2) is 4.79 Å². The van der Waals surface area contributed by atoms with Crippen molar-refractivity contribution in [2.75, 3.05) is 7.11 Å². The van der Waals surface area contributed by atoms with Gasteiger partial charge in [0.05, 0.1) is 5.69 Å². The van der Waals surface area contributed by atoms with Crippen molar-refractivity contribution in [3.8, 4) is 0 Å². The molecule has 0 saturated heterocycles. The van der Waals surface area contributed by atoms with Gasteiger partial charge in [0.1, 0.15) is 11.4 Å². The van der Waals surface area contributed by atoms with Crippen molar-refractivity contribution in [1.29, 1.82) is 0 Å². The van der Waals surface area contributed by atoms with Gasteiger partial charge < -0.3 is 9.72 Å². The van der Waals surface area contributed by atoms with Crippen molar-refractivity contribution in [2.24, 2.45) is 5.92 Å². The van der Waals surface area contributed by atoms with Gasteiger partial charge in [-0.2, -0.15) is 0 Å². The lowest BCUT2D eigenvalue weighted by molar-refractivity contribution is -0.0600. The van der Waals surface area contributed by atoms with E-state index in [1.165, 1.54) is 0 Å². The summed E-state index contributed by atoms with van der Waals surface area (Å²) in [7, 11) is 1.72. The van der Waals surface area contributed by atoms with Gasteiger partial charge >= 0.3 is 0 Å². The van der Waals surface area contributed by atoms with Crippen LogP contribution < -0.4 is 5.56 Å². The quantitative estimate of drug-likeness (QED) is 0.913. The van der Waals surface area contributed by atoms with Gasteiger partial charge in [-0.05, 0) is 44.9 Å². The highest BCUT2D eigenvalue weighted by molar-refractivity contribution is 5.18. The summed E-state index contributed by atoms with van der Waals surface area (Å²) >= 11 is 0. The van der Waals surface area contributed by atoms with E-state index in [0.29, 0.717) is 5.82 Å². The minimum absolute atomic E-state index is 0.0307. The average Bonchev–Trinajstić information content (AvgIpc) is 2.43. The molecule has 1 fully saturated rings. The van der Waals surface area contributed by atoms with Crippen LogP contribution in [0.1, 0.15) is 56.6 Å². The fourth-order valence-corrected chi connectivity index (χ4v) is 2.91. The summed E-state index contributed by atoms with van der Waals surface area (Å²) in [4.78, 5) is 19.6. The number of aryl methyl sites for hydroxylation is 1. The summed E-state index contributed by atoms with van der Waals surface area (Å²) in [6, 6.07) is 0. The van der Waals surface area contributed by atoms with E-state index in [4.69, 9.17) is 4.74 Å². The fraction of sp³-hybridized carbons (Fsp3) is 0.733. The predicted molar refractivity (Wildman–Crippen MR) is 75.3 cm³/mol. The zero-order valence-corrected chi connectivity index (χ0v) is 12.4. The minimum atomic E-state index is -0.400. The third-order valence-electron chi connectivity index (χ3n) is 4.49. The van der Waals surface area contributed by atoms with Crippen LogP contribution in [0.4, 0.5) is 0 Å². The van der Waals surface area contributed by atoms with Crippen LogP contribution in [0.3, 0.4) is 0 Å². The molecule has 0 unspecified atom stereocenters. The van der Waals surface area contributed by atoms with E-state index in [1.807, 2.05) is 13.8 Å². The maximum absolute atomic E-state index is 12.0. The summed E-state index contributed by atoms with van der Waals surface area (Å²) in [5.74, 6) is 1.44. The number of H-pyrrole nitrogens is 1. The summed E-state index contributed by atoms with van der Waals surface area (Å²) < 4.78 is 5.77.